The third-order valence-electron chi connectivity index (χ3n) is 4.33. The van der Waals surface area contributed by atoms with Crippen molar-refractivity contribution >= 4 is 5.97 Å². The van der Waals surface area contributed by atoms with Gasteiger partial charge in [0.15, 0.2) is 0 Å². The van der Waals surface area contributed by atoms with Crippen molar-refractivity contribution in [1.82, 2.24) is 0 Å². The van der Waals surface area contributed by atoms with Crippen LogP contribution in [0.5, 0.6) is 0 Å². The summed E-state index contributed by atoms with van der Waals surface area (Å²) >= 11 is 0. The molecule has 1 saturated carbocycles. The molecule has 0 spiro atoms. The molecular formula is C14H23F3O3. The predicted molar refractivity (Wildman–Crippen MR) is 68.2 cm³/mol. The van der Waals surface area contributed by atoms with E-state index >= 15 is 0 Å². The van der Waals surface area contributed by atoms with Crippen molar-refractivity contribution in [3.8, 4) is 0 Å². The van der Waals surface area contributed by atoms with Crippen LogP contribution in [0.1, 0.15) is 58.3 Å². The summed E-state index contributed by atoms with van der Waals surface area (Å²) in [6.07, 6.45) is 1.07. The van der Waals surface area contributed by atoms with Crippen molar-refractivity contribution in [1.29, 1.82) is 0 Å². The van der Waals surface area contributed by atoms with Gasteiger partial charge in [0.05, 0.1) is 12.0 Å². The predicted octanol–water partition coefficient (Wildman–Crippen LogP) is 4.36. The van der Waals surface area contributed by atoms with Crippen LogP contribution in [0.25, 0.3) is 0 Å². The maximum Gasteiger partial charge on any atom is 0.522 e. The molecule has 6 heteroatoms. The third kappa shape index (κ3) is 5.31. The van der Waals surface area contributed by atoms with Gasteiger partial charge in [-0.2, -0.15) is 0 Å². The molecule has 0 aromatic rings. The Labute approximate surface area is 117 Å². The molecule has 0 saturated heterocycles. The lowest BCUT2D eigenvalue weighted by atomic mass is 9.68. The highest BCUT2D eigenvalue weighted by Gasteiger charge is 2.42. The molecule has 20 heavy (non-hydrogen) atoms. The normalized spacial score (nSPS) is 27.5. The average molecular weight is 296 g/mol. The Morgan fingerprint density at radius 1 is 1.35 bits per heavy atom. The fourth-order valence-electron chi connectivity index (χ4n) is 2.94. The van der Waals surface area contributed by atoms with Crippen molar-refractivity contribution < 1.29 is 27.8 Å². The van der Waals surface area contributed by atoms with E-state index in [4.69, 9.17) is 0 Å². The van der Waals surface area contributed by atoms with Crippen molar-refractivity contribution in [3.05, 3.63) is 0 Å². The van der Waals surface area contributed by atoms with Gasteiger partial charge in [0.2, 0.25) is 0 Å². The number of carbonyl (C=O) groups is 1. The number of ether oxygens (including phenoxy) is 1. The van der Waals surface area contributed by atoms with E-state index in [2.05, 4.69) is 11.7 Å². The molecule has 0 aromatic heterocycles. The lowest BCUT2D eigenvalue weighted by molar-refractivity contribution is -0.326. The summed E-state index contributed by atoms with van der Waals surface area (Å²) in [5.41, 5.74) is -1.03. The lowest BCUT2D eigenvalue weighted by Gasteiger charge is -2.37. The van der Waals surface area contributed by atoms with Gasteiger partial charge in [0.25, 0.3) is 0 Å². The number of rotatable bonds is 7. The second kappa shape index (κ2) is 7.29. The topological polar surface area (TPSA) is 46.5 Å². The smallest absolute Gasteiger partial charge is 0.481 e. The Hall–Kier alpha value is -0.780. The minimum atomic E-state index is -4.68. The van der Waals surface area contributed by atoms with Gasteiger partial charge in [-0.05, 0) is 38.0 Å². The van der Waals surface area contributed by atoms with Gasteiger partial charge in [-0.1, -0.05) is 26.2 Å². The van der Waals surface area contributed by atoms with E-state index in [1.165, 1.54) is 0 Å². The summed E-state index contributed by atoms with van der Waals surface area (Å²) in [5.74, 6) is -0.469. The Kier molecular flexibility index (Phi) is 6.30. The lowest BCUT2D eigenvalue weighted by Crippen LogP contribution is -2.37. The minimum Gasteiger partial charge on any atom is -0.481 e. The maximum atomic E-state index is 12.0. The fourth-order valence-corrected chi connectivity index (χ4v) is 2.94. The van der Waals surface area contributed by atoms with Gasteiger partial charge in [-0.25, -0.2) is 0 Å². The minimum absolute atomic E-state index is 0.0671. The molecule has 0 aliphatic heterocycles. The maximum absolute atomic E-state index is 12.0. The van der Waals surface area contributed by atoms with Gasteiger partial charge < -0.3 is 5.11 Å². The number of halogens is 3. The number of carboxylic acid groups (broad SMARTS) is 1. The van der Waals surface area contributed by atoms with Crippen LogP contribution in [0.3, 0.4) is 0 Å². The Balaban J connectivity index is 2.47. The molecule has 0 bridgehead atoms. The molecule has 0 amide bonds. The highest BCUT2D eigenvalue weighted by atomic mass is 19.4. The monoisotopic (exact) mass is 296 g/mol. The van der Waals surface area contributed by atoms with E-state index in [1.54, 1.807) is 0 Å². The summed E-state index contributed by atoms with van der Waals surface area (Å²) in [5, 5.41) is 9.34. The number of carboxylic acids is 1. The zero-order chi connectivity index (χ0) is 15.2. The summed E-state index contributed by atoms with van der Waals surface area (Å²) < 4.78 is 39.6. The van der Waals surface area contributed by atoms with Crippen LogP contribution in [0.4, 0.5) is 13.2 Å². The highest BCUT2D eigenvalue weighted by molar-refractivity contribution is 5.74. The molecule has 1 fully saturated rings. The van der Waals surface area contributed by atoms with E-state index in [9.17, 15) is 23.1 Å². The first kappa shape index (κ1) is 17.3. The SMILES string of the molecule is CCCCC1CCC(CCOC(F)(F)F)(C(=O)O)CC1. The summed E-state index contributed by atoms with van der Waals surface area (Å²) in [6.45, 7) is 1.54. The second-order valence-corrected chi connectivity index (χ2v) is 5.72. The van der Waals surface area contributed by atoms with Crippen molar-refractivity contribution in [2.75, 3.05) is 6.61 Å². The molecule has 0 heterocycles. The number of aliphatic carboxylic acids is 1. The first-order valence-electron chi connectivity index (χ1n) is 7.23. The van der Waals surface area contributed by atoms with E-state index in [1.807, 2.05) is 0 Å². The van der Waals surface area contributed by atoms with Crippen LogP contribution < -0.4 is 0 Å². The molecule has 1 aliphatic rings. The van der Waals surface area contributed by atoms with Crippen LogP contribution in [-0.2, 0) is 9.53 Å². The van der Waals surface area contributed by atoms with Gasteiger partial charge in [-0.15, -0.1) is 13.2 Å². The van der Waals surface area contributed by atoms with Gasteiger partial charge in [0, 0.05) is 0 Å². The molecule has 0 aromatic carbocycles. The first-order valence-corrected chi connectivity index (χ1v) is 7.23. The quantitative estimate of drug-likeness (QED) is 0.759. The van der Waals surface area contributed by atoms with Gasteiger partial charge >= 0.3 is 12.3 Å². The Bertz CT molecular complexity index is 307. The molecule has 0 unspecified atom stereocenters. The zero-order valence-electron chi connectivity index (χ0n) is 11.8. The van der Waals surface area contributed by atoms with Crippen LogP contribution >= 0.6 is 0 Å². The summed E-state index contributed by atoms with van der Waals surface area (Å²) in [7, 11) is 0. The Morgan fingerprint density at radius 3 is 2.40 bits per heavy atom. The fraction of sp³-hybridized carbons (Fsp3) is 0.929. The molecule has 0 radical (unpaired) electrons. The van der Waals surface area contributed by atoms with E-state index in [-0.39, 0.29) is 6.42 Å². The molecule has 0 atom stereocenters. The number of alkyl halides is 3. The van der Waals surface area contributed by atoms with Crippen molar-refractivity contribution in [2.45, 2.75) is 64.7 Å². The van der Waals surface area contributed by atoms with Gasteiger partial charge in [0.1, 0.15) is 0 Å². The van der Waals surface area contributed by atoms with Crippen LogP contribution in [0.15, 0.2) is 0 Å². The van der Waals surface area contributed by atoms with E-state index < -0.39 is 24.4 Å². The van der Waals surface area contributed by atoms with Gasteiger partial charge in [-0.3, -0.25) is 9.53 Å². The van der Waals surface area contributed by atoms with Crippen molar-refractivity contribution in [2.24, 2.45) is 11.3 Å². The summed E-state index contributed by atoms with van der Waals surface area (Å²) in [6, 6.07) is 0. The van der Waals surface area contributed by atoms with Crippen LogP contribution in [0.2, 0.25) is 0 Å². The largest absolute Gasteiger partial charge is 0.522 e. The third-order valence-corrected chi connectivity index (χ3v) is 4.33. The molecule has 1 rings (SSSR count). The van der Waals surface area contributed by atoms with E-state index in [0.717, 1.165) is 32.1 Å². The first-order chi connectivity index (χ1) is 9.29. The molecule has 1 N–H and O–H groups in total. The standard InChI is InChI=1S/C14H23F3O3/c1-2-3-4-11-5-7-13(8-6-11,12(18)19)9-10-20-14(15,16)17/h11H,2-10H2,1H3,(H,18,19). The Morgan fingerprint density at radius 2 is 1.95 bits per heavy atom. The highest BCUT2D eigenvalue weighted by Crippen LogP contribution is 2.43. The molecule has 1 aliphatic carbocycles. The van der Waals surface area contributed by atoms with Crippen LogP contribution in [-0.4, -0.2) is 24.0 Å². The molecule has 118 valence electrons. The average Bonchev–Trinajstić information content (AvgIpc) is 2.36. The number of hydrogen-bond acceptors (Lipinski definition) is 2. The molecular weight excluding hydrogens is 273 g/mol. The van der Waals surface area contributed by atoms with Crippen LogP contribution in [0, 0.1) is 11.3 Å². The summed E-state index contributed by atoms with van der Waals surface area (Å²) in [4.78, 5) is 11.4. The second-order valence-electron chi connectivity index (χ2n) is 5.72. The van der Waals surface area contributed by atoms with E-state index in [0.29, 0.717) is 18.8 Å². The molecule has 3 nitrogen and oxygen atoms in total. The zero-order valence-corrected chi connectivity index (χ0v) is 11.8. The number of unbranched alkanes of at least 4 members (excludes halogenated alkanes) is 1. The van der Waals surface area contributed by atoms with Crippen molar-refractivity contribution in [3.63, 3.8) is 0 Å². The number of hydrogen-bond donors (Lipinski definition) is 1.